The highest BCUT2D eigenvalue weighted by molar-refractivity contribution is 7.99. The van der Waals surface area contributed by atoms with E-state index in [4.69, 9.17) is 0 Å². The minimum atomic E-state index is -0.271. The van der Waals surface area contributed by atoms with Crippen molar-refractivity contribution in [3.63, 3.8) is 0 Å². The molecule has 0 aliphatic carbocycles. The number of Topliss-reactive ketones (excluding diaryl/α,β-unsaturated/α-hetero) is 2. The molecule has 0 aliphatic rings. The second-order valence-corrected chi connectivity index (χ2v) is 5.86. The zero-order valence-corrected chi connectivity index (χ0v) is 12.5. The average molecular weight is 302 g/mol. The average Bonchev–Trinajstić information content (AvgIpc) is 2.47. The van der Waals surface area contributed by atoms with Gasteiger partial charge >= 0.3 is 0 Å². The predicted octanol–water partition coefficient (Wildman–Crippen LogP) is 4.53. The topological polar surface area (TPSA) is 34.1 Å². The summed E-state index contributed by atoms with van der Waals surface area (Å²) in [4.78, 5) is 24.7. The van der Waals surface area contributed by atoms with E-state index in [0.29, 0.717) is 5.56 Å². The molecule has 0 spiro atoms. The van der Waals surface area contributed by atoms with E-state index in [1.165, 1.54) is 30.8 Å². The van der Waals surface area contributed by atoms with Gasteiger partial charge in [-0.25, -0.2) is 4.39 Å². The van der Waals surface area contributed by atoms with Crippen LogP contribution in [0.15, 0.2) is 58.3 Å². The van der Waals surface area contributed by atoms with Crippen LogP contribution in [0.4, 0.5) is 4.39 Å². The molecule has 0 aliphatic heterocycles. The molecule has 0 N–H and O–H groups in total. The van der Waals surface area contributed by atoms with Gasteiger partial charge in [0, 0.05) is 28.2 Å². The lowest BCUT2D eigenvalue weighted by atomic mass is 10.1. The van der Waals surface area contributed by atoms with Crippen LogP contribution in [0.2, 0.25) is 0 Å². The van der Waals surface area contributed by atoms with E-state index in [0.717, 1.165) is 9.79 Å². The highest BCUT2D eigenvalue weighted by Crippen LogP contribution is 2.28. The van der Waals surface area contributed by atoms with E-state index in [1.54, 1.807) is 24.3 Å². The Morgan fingerprint density at radius 2 is 1.71 bits per heavy atom. The predicted molar refractivity (Wildman–Crippen MR) is 81.2 cm³/mol. The van der Waals surface area contributed by atoms with Crippen molar-refractivity contribution in [1.82, 2.24) is 0 Å². The molecule has 0 heterocycles. The number of carbonyl (C=O) groups excluding carboxylic acids is 2. The Labute approximate surface area is 127 Å². The van der Waals surface area contributed by atoms with Gasteiger partial charge in [-0.05, 0) is 43.3 Å². The Bertz CT molecular complexity index is 650. The fraction of sp³-hybridized carbons (Fsp3) is 0.176. The molecule has 2 rings (SSSR count). The molecule has 0 radical (unpaired) electrons. The third-order valence-corrected chi connectivity index (χ3v) is 3.91. The van der Waals surface area contributed by atoms with Gasteiger partial charge in [0.2, 0.25) is 0 Å². The van der Waals surface area contributed by atoms with Crippen LogP contribution >= 0.6 is 11.8 Å². The summed E-state index contributed by atoms with van der Waals surface area (Å²) in [6.07, 6.45) is 0.508. The number of rotatable bonds is 6. The van der Waals surface area contributed by atoms with Crippen LogP contribution in [0.1, 0.15) is 30.1 Å². The number of hydrogen-bond acceptors (Lipinski definition) is 3. The first-order valence-corrected chi connectivity index (χ1v) is 7.42. The summed E-state index contributed by atoms with van der Waals surface area (Å²) in [7, 11) is 0. The van der Waals surface area contributed by atoms with E-state index in [-0.39, 0.29) is 30.2 Å². The van der Waals surface area contributed by atoms with Crippen LogP contribution in [0.3, 0.4) is 0 Å². The summed E-state index contributed by atoms with van der Waals surface area (Å²) in [5.74, 6) is -0.292. The van der Waals surface area contributed by atoms with Gasteiger partial charge in [0.25, 0.3) is 0 Å². The maximum atomic E-state index is 12.9. The summed E-state index contributed by atoms with van der Waals surface area (Å²) in [5, 5.41) is 0. The highest BCUT2D eigenvalue weighted by Gasteiger charge is 2.08. The van der Waals surface area contributed by atoms with Crippen molar-refractivity contribution in [2.45, 2.75) is 29.6 Å². The molecule has 0 aromatic heterocycles. The van der Waals surface area contributed by atoms with Gasteiger partial charge in [0.15, 0.2) is 5.78 Å². The zero-order chi connectivity index (χ0) is 15.2. The smallest absolute Gasteiger partial charge is 0.163 e. The van der Waals surface area contributed by atoms with Crippen molar-refractivity contribution in [2.75, 3.05) is 0 Å². The van der Waals surface area contributed by atoms with Crippen molar-refractivity contribution in [3.8, 4) is 0 Å². The first kappa shape index (κ1) is 15.4. The Balaban J connectivity index is 2.08. The van der Waals surface area contributed by atoms with E-state index in [1.807, 2.05) is 12.1 Å². The molecule has 0 unspecified atom stereocenters. The van der Waals surface area contributed by atoms with Gasteiger partial charge in [0.1, 0.15) is 11.6 Å². The molecule has 0 bridgehead atoms. The molecule has 108 valence electrons. The monoisotopic (exact) mass is 302 g/mol. The van der Waals surface area contributed by atoms with Crippen molar-refractivity contribution >= 4 is 23.3 Å². The summed E-state index contributed by atoms with van der Waals surface area (Å²) in [6, 6.07) is 13.5. The van der Waals surface area contributed by atoms with Crippen LogP contribution in [0.25, 0.3) is 0 Å². The maximum absolute atomic E-state index is 12.9. The van der Waals surface area contributed by atoms with Gasteiger partial charge in [-0.2, -0.15) is 0 Å². The number of benzene rings is 2. The Morgan fingerprint density at radius 1 is 1.00 bits per heavy atom. The van der Waals surface area contributed by atoms with Crippen molar-refractivity contribution in [3.05, 3.63) is 59.9 Å². The van der Waals surface area contributed by atoms with Crippen molar-refractivity contribution < 1.29 is 14.0 Å². The second-order valence-electron chi connectivity index (χ2n) is 4.71. The summed E-state index contributed by atoms with van der Waals surface area (Å²) >= 11 is 1.47. The molecule has 2 aromatic carbocycles. The van der Waals surface area contributed by atoms with Crippen LogP contribution in [-0.4, -0.2) is 11.6 Å². The lowest BCUT2D eigenvalue weighted by Gasteiger charge is -2.04. The number of hydrogen-bond donors (Lipinski definition) is 0. The molecule has 0 saturated carbocycles. The normalized spacial score (nSPS) is 10.4. The molecule has 21 heavy (non-hydrogen) atoms. The SMILES string of the molecule is CC(=O)CCC(=O)c1cccc(Sc2ccc(F)cc2)c1. The molecule has 0 saturated heterocycles. The lowest BCUT2D eigenvalue weighted by Crippen LogP contribution is -2.02. The van der Waals surface area contributed by atoms with E-state index < -0.39 is 0 Å². The molecule has 2 nitrogen and oxygen atoms in total. The van der Waals surface area contributed by atoms with Crippen molar-refractivity contribution in [1.29, 1.82) is 0 Å². The Hall–Kier alpha value is -1.94. The Morgan fingerprint density at radius 3 is 2.38 bits per heavy atom. The fourth-order valence-corrected chi connectivity index (χ4v) is 2.68. The van der Waals surface area contributed by atoms with Crippen LogP contribution in [-0.2, 0) is 4.79 Å². The van der Waals surface area contributed by atoms with E-state index >= 15 is 0 Å². The molecule has 0 atom stereocenters. The largest absolute Gasteiger partial charge is 0.300 e. The van der Waals surface area contributed by atoms with Gasteiger partial charge < -0.3 is 4.79 Å². The second kappa shape index (κ2) is 7.18. The number of carbonyl (C=O) groups is 2. The number of ketones is 2. The maximum Gasteiger partial charge on any atom is 0.163 e. The van der Waals surface area contributed by atoms with Gasteiger partial charge in [-0.3, -0.25) is 4.79 Å². The standard InChI is InChI=1S/C17H15FO2S/c1-12(19)5-10-17(20)13-3-2-4-16(11-13)21-15-8-6-14(18)7-9-15/h2-4,6-9,11H,5,10H2,1H3. The number of halogens is 1. The lowest BCUT2D eigenvalue weighted by molar-refractivity contribution is -0.116. The molecular formula is C17H15FO2S. The van der Waals surface area contributed by atoms with E-state index in [9.17, 15) is 14.0 Å². The molecule has 0 fully saturated rings. The molecule has 4 heteroatoms. The first-order chi connectivity index (χ1) is 10.0. The fourth-order valence-electron chi connectivity index (χ4n) is 1.81. The van der Waals surface area contributed by atoms with Crippen LogP contribution < -0.4 is 0 Å². The summed E-state index contributed by atoms with van der Waals surface area (Å²) < 4.78 is 12.9. The highest BCUT2D eigenvalue weighted by atomic mass is 32.2. The zero-order valence-electron chi connectivity index (χ0n) is 11.6. The van der Waals surface area contributed by atoms with Crippen molar-refractivity contribution in [2.24, 2.45) is 0 Å². The first-order valence-electron chi connectivity index (χ1n) is 6.61. The minimum absolute atomic E-state index is 0.0141. The molecule has 0 amide bonds. The van der Waals surface area contributed by atoms with Crippen LogP contribution in [0.5, 0.6) is 0 Å². The summed E-state index contributed by atoms with van der Waals surface area (Å²) in [5.41, 5.74) is 0.600. The summed E-state index contributed by atoms with van der Waals surface area (Å²) in [6.45, 7) is 1.48. The molecule has 2 aromatic rings. The minimum Gasteiger partial charge on any atom is -0.300 e. The van der Waals surface area contributed by atoms with Gasteiger partial charge in [-0.1, -0.05) is 23.9 Å². The third-order valence-electron chi connectivity index (χ3n) is 2.91. The van der Waals surface area contributed by atoms with Gasteiger partial charge in [0.05, 0.1) is 0 Å². The quantitative estimate of drug-likeness (QED) is 0.735. The Kier molecular flexibility index (Phi) is 5.28. The molecular weight excluding hydrogens is 287 g/mol. The van der Waals surface area contributed by atoms with E-state index in [2.05, 4.69) is 0 Å². The van der Waals surface area contributed by atoms with Gasteiger partial charge in [-0.15, -0.1) is 0 Å². The third kappa shape index (κ3) is 4.83. The van der Waals surface area contributed by atoms with Crippen LogP contribution in [0, 0.1) is 5.82 Å².